The zero-order chi connectivity index (χ0) is 20.5. The number of carbonyl (C=O) groups excluding carboxylic acids is 1. The summed E-state index contributed by atoms with van der Waals surface area (Å²) in [6, 6.07) is 15.4. The van der Waals surface area contributed by atoms with Gasteiger partial charge in [-0.3, -0.25) is 18.7 Å². The number of fused-ring (bicyclic) bond motifs is 1. The maximum Gasteiger partial charge on any atom is 0.332 e. The number of hydrogen-bond donors (Lipinski definition) is 1. The molecule has 0 aliphatic heterocycles. The molecule has 0 radical (unpaired) electrons. The van der Waals surface area contributed by atoms with Gasteiger partial charge in [0.05, 0.1) is 11.6 Å². The topological polar surface area (TPSA) is 99.1 Å². The van der Waals surface area contributed by atoms with Gasteiger partial charge >= 0.3 is 5.69 Å². The maximum absolute atomic E-state index is 12.9. The summed E-state index contributed by atoms with van der Waals surface area (Å²) < 4.78 is 7.75. The molecule has 1 aromatic carbocycles. The highest BCUT2D eigenvalue weighted by Crippen LogP contribution is 2.23. The van der Waals surface area contributed by atoms with E-state index in [1.165, 1.54) is 37.1 Å². The molecule has 0 aliphatic rings. The van der Waals surface area contributed by atoms with Crippen LogP contribution in [0.25, 0.3) is 11.0 Å². The van der Waals surface area contributed by atoms with Gasteiger partial charge in [0.25, 0.3) is 11.5 Å². The monoisotopic (exact) mass is 390 g/mol. The highest BCUT2D eigenvalue weighted by molar-refractivity contribution is 5.94. The Morgan fingerprint density at radius 2 is 1.76 bits per heavy atom. The number of hydrogen-bond acceptors (Lipinski definition) is 5. The molecule has 0 saturated carbocycles. The minimum atomic E-state index is -0.511. The van der Waals surface area contributed by atoms with Crippen molar-refractivity contribution in [3.63, 3.8) is 0 Å². The first-order valence-electron chi connectivity index (χ1n) is 8.93. The second-order valence-electron chi connectivity index (χ2n) is 6.61. The van der Waals surface area contributed by atoms with Crippen molar-refractivity contribution in [2.24, 2.45) is 14.1 Å². The fraction of sp³-hybridized carbons (Fsp3) is 0.143. The zero-order valence-electron chi connectivity index (χ0n) is 15.8. The summed E-state index contributed by atoms with van der Waals surface area (Å²) in [6.07, 6.45) is 1.54. The van der Waals surface area contributed by atoms with Crippen LogP contribution in [-0.2, 0) is 14.1 Å². The summed E-state index contributed by atoms with van der Waals surface area (Å²) in [5.41, 5.74) is 0.122. The van der Waals surface area contributed by atoms with E-state index in [2.05, 4.69) is 10.3 Å². The van der Waals surface area contributed by atoms with Gasteiger partial charge < -0.3 is 9.73 Å². The molecule has 8 heteroatoms. The lowest BCUT2D eigenvalue weighted by Gasteiger charge is -2.17. The number of benzene rings is 1. The Labute approximate surface area is 165 Å². The zero-order valence-corrected chi connectivity index (χ0v) is 15.8. The number of carbonyl (C=O) groups is 1. The number of aryl methyl sites for hydroxylation is 1. The number of amides is 1. The van der Waals surface area contributed by atoms with Gasteiger partial charge in [0.2, 0.25) is 0 Å². The van der Waals surface area contributed by atoms with E-state index in [4.69, 9.17) is 4.42 Å². The molecule has 4 aromatic rings. The highest BCUT2D eigenvalue weighted by atomic mass is 16.3. The van der Waals surface area contributed by atoms with E-state index in [-0.39, 0.29) is 16.7 Å². The average molecular weight is 390 g/mol. The van der Waals surface area contributed by atoms with Crippen LogP contribution >= 0.6 is 0 Å². The van der Waals surface area contributed by atoms with E-state index >= 15 is 0 Å². The number of nitrogens with zero attached hydrogens (tertiary/aromatic N) is 3. The van der Waals surface area contributed by atoms with Gasteiger partial charge in [-0.05, 0) is 29.8 Å². The lowest BCUT2D eigenvalue weighted by molar-refractivity contribution is 0.0934. The average Bonchev–Trinajstić information content (AvgIpc) is 3.29. The lowest BCUT2D eigenvalue weighted by atomic mass is 10.0. The summed E-state index contributed by atoms with van der Waals surface area (Å²) in [5.74, 6) is 0.122. The Hall–Kier alpha value is -3.94. The summed E-state index contributed by atoms with van der Waals surface area (Å²) in [6.45, 7) is 0. The van der Waals surface area contributed by atoms with Gasteiger partial charge in [-0.2, -0.15) is 0 Å². The van der Waals surface area contributed by atoms with Crippen molar-refractivity contribution >= 4 is 16.9 Å². The molecule has 3 aromatic heterocycles. The van der Waals surface area contributed by atoms with Crippen LogP contribution in [0.5, 0.6) is 0 Å². The first kappa shape index (κ1) is 18.4. The molecule has 0 fully saturated rings. The summed E-state index contributed by atoms with van der Waals surface area (Å²) >= 11 is 0. The number of rotatable bonds is 4. The third-order valence-electron chi connectivity index (χ3n) is 4.77. The largest absolute Gasteiger partial charge is 0.467 e. The molecule has 1 N–H and O–H groups in total. The van der Waals surface area contributed by atoms with Gasteiger partial charge in [-0.15, -0.1) is 0 Å². The van der Waals surface area contributed by atoms with Crippen molar-refractivity contribution in [1.82, 2.24) is 19.4 Å². The van der Waals surface area contributed by atoms with Gasteiger partial charge in [-0.25, -0.2) is 9.78 Å². The van der Waals surface area contributed by atoms with Crippen LogP contribution in [0, 0.1) is 0 Å². The van der Waals surface area contributed by atoms with Crippen molar-refractivity contribution in [2.75, 3.05) is 0 Å². The van der Waals surface area contributed by atoms with Crippen LogP contribution in [-0.4, -0.2) is 20.0 Å². The molecule has 29 heavy (non-hydrogen) atoms. The van der Waals surface area contributed by atoms with E-state index in [0.717, 1.165) is 10.1 Å². The maximum atomic E-state index is 12.9. The second-order valence-corrected chi connectivity index (χ2v) is 6.61. The van der Waals surface area contributed by atoms with Crippen LogP contribution in [0.3, 0.4) is 0 Å². The Morgan fingerprint density at radius 1 is 1.00 bits per heavy atom. The molecule has 3 heterocycles. The highest BCUT2D eigenvalue weighted by Gasteiger charge is 2.21. The predicted octanol–water partition coefficient (Wildman–Crippen LogP) is 1.74. The molecule has 0 saturated heterocycles. The molecule has 146 valence electrons. The van der Waals surface area contributed by atoms with Crippen molar-refractivity contribution < 1.29 is 9.21 Å². The predicted molar refractivity (Wildman–Crippen MR) is 107 cm³/mol. The molecule has 0 spiro atoms. The normalized spacial score (nSPS) is 12.1. The van der Waals surface area contributed by atoms with Gasteiger partial charge in [0, 0.05) is 14.1 Å². The number of furan rings is 1. The van der Waals surface area contributed by atoms with Crippen molar-refractivity contribution in [3.05, 3.63) is 98.7 Å². The van der Waals surface area contributed by atoms with E-state index in [1.54, 1.807) is 12.1 Å². The van der Waals surface area contributed by atoms with Gasteiger partial charge in [0.1, 0.15) is 23.1 Å². The molecule has 1 amide bonds. The Bertz CT molecular complexity index is 1300. The molecule has 0 aliphatic carbocycles. The van der Waals surface area contributed by atoms with Crippen molar-refractivity contribution in [2.45, 2.75) is 6.04 Å². The molecule has 4 rings (SSSR count). The minimum Gasteiger partial charge on any atom is -0.467 e. The molecule has 8 nitrogen and oxygen atoms in total. The standard InChI is InChI=1S/C21H18N4O4/c1-24-18-14(20(27)25(2)21(24)28)10-11-15(22-18)19(26)23-17(16-9-6-12-29-16)13-7-4-3-5-8-13/h3-12,17H,1-2H3,(H,23,26). The summed E-state index contributed by atoms with van der Waals surface area (Å²) in [7, 11) is 2.91. The minimum absolute atomic E-state index is 0.0910. The van der Waals surface area contributed by atoms with Crippen molar-refractivity contribution in [1.29, 1.82) is 0 Å². The van der Waals surface area contributed by atoms with Crippen LogP contribution < -0.4 is 16.6 Å². The van der Waals surface area contributed by atoms with Gasteiger partial charge in [0.15, 0.2) is 0 Å². The SMILES string of the molecule is Cn1c(=O)c2ccc(C(=O)NC(c3ccccc3)c3ccco3)nc2n(C)c1=O. The first-order valence-corrected chi connectivity index (χ1v) is 8.93. The summed E-state index contributed by atoms with van der Waals surface area (Å²) in [4.78, 5) is 41.7. The van der Waals surface area contributed by atoms with E-state index in [0.29, 0.717) is 5.76 Å². The number of aromatic nitrogens is 3. The van der Waals surface area contributed by atoms with E-state index in [9.17, 15) is 14.4 Å². The van der Waals surface area contributed by atoms with Crippen LogP contribution in [0.1, 0.15) is 27.9 Å². The smallest absolute Gasteiger partial charge is 0.332 e. The molecule has 1 unspecified atom stereocenters. The van der Waals surface area contributed by atoms with Crippen LogP contribution in [0.2, 0.25) is 0 Å². The van der Waals surface area contributed by atoms with E-state index < -0.39 is 23.2 Å². The molecule has 0 bridgehead atoms. The number of nitrogens with one attached hydrogen (secondary N) is 1. The fourth-order valence-corrected chi connectivity index (χ4v) is 3.21. The van der Waals surface area contributed by atoms with Gasteiger partial charge in [-0.1, -0.05) is 30.3 Å². The third kappa shape index (κ3) is 3.25. The molecular formula is C21H18N4O4. The van der Waals surface area contributed by atoms with Crippen molar-refractivity contribution in [3.8, 4) is 0 Å². The van der Waals surface area contributed by atoms with E-state index in [1.807, 2.05) is 30.3 Å². The lowest BCUT2D eigenvalue weighted by Crippen LogP contribution is -2.37. The fourth-order valence-electron chi connectivity index (χ4n) is 3.21. The molecule has 1 atom stereocenters. The van der Waals surface area contributed by atoms with Crippen LogP contribution in [0.15, 0.2) is 74.9 Å². The van der Waals surface area contributed by atoms with Crippen LogP contribution in [0.4, 0.5) is 0 Å². The quantitative estimate of drug-likeness (QED) is 0.572. The second kappa shape index (κ2) is 7.23. The Morgan fingerprint density at radius 3 is 2.45 bits per heavy atom. The Kier molecular flexibility index (Phi) is 4.59. The molecular weight excluding hydrogens is 372 g/mol. The first-order chi connectivity index (χ1) is 14.0. The third-order valence-corrected chi connectivity index (χ3v) is 4.77. The summed E-state index contributed by atoms with van der Waals surface area (Å²) in [5, 5.41) is 3.17. The number of pyridine rings is 1. The Balaban J connectivity index is 1.75.